The van der Waals surface area contributed by atoms with Crippen molar-refractivity contribution in [1.29, 1.82) is 0 Å². The maximum Gasteiger partial charge on any atom is 0.111 e. The molecule has 0 saturated carbocycles. The first-order chi connectivity index (χ1) is 6.20. The number of hydrogen-bond acceptors (Lipinski definition) is 3. The van der Waals surface area contributed by atoms with Crippen LogP contribution in [-0.4, -0.2) is 25.4 Å². The predicted octanol–water partition coefficient (Wildman–Crippen LogP) is 1.43. The summed E-state index contributed by atoms with van der Waals surface area (Å²) in [7, 11) is 0. The predicted molar refractivity (Wildman–Crippen MR) is 52.3 cm³/mol. The van der Waals surface area contributed by atoms with Gasteiger partial charge in [-0.25, -0.2) is 0 Å². The molecule has 1 rings (SSSR count). The van der Waals surface area contributed by atoms with Crippen LogP contribution in [0.4, 0.5) is 0 Å². The van der Waals surface area contributed by atoms with Crippen LogP contribution in [0.3, 0.4) is 0 Å². The highest BCUT2D eigenvalue weighted by Gasteiger charge is 2.13. The van der Waals surface area contributed by atoms with Crippen LogP contribution in [0.5, 0.6) is 0 Å². The van der Waals surface area contributed by atoms with E-state index in [2.05, 4.69) is 6.08 Å². The van der Waals surface area contributed by atoms with Gasteiger partial charge in [0.15, 0.2) is 0 Å². The Kier molecular flexibility index (Phi) is 4.25. The highest BCUT2D eigenvalue weighted by atomic mass is 16.5. The van der Waals surface area contributed by atoms with Crippen molar-refractivity contribution < 1.29 is 9.47 Å². The Morgan fingerprint density at radius 2 is 2.38 bits per heavy atom. The quantitative estimate of drug-likeness (QED) is 0.720. The Morgan fingerprint density at radius 1 is 1.62 bits per heavy atom. The molecule has 13 heavy (non-hydrogen) atoms. The summed E-state index contributed by atoms with van der Waals surface area (Å²) in [6.07, 6.45) is 4.47. The molecule has 3 nitrogen and oxygen atoms in total. The summed E-state index contributed by atoms with van der Waals surface area (Å²) in [6.45, 7) is 5.34. The summed E-state index contributed by atoms with van der Waals surface area (Å²) in [5.74, 6) is 0.895. The van der Waals surface area contributed by atoms with Crippen LogP contribution in [-0.2, 0) is 9.47 Å². The van der Waals surface area contributed by atoms with E-state index in [0.29, 0.717) is 6.61 Å². The first kappa shape index (κ1) is 10.5. The number of ether oxygens (including phenoxy) is 2. The van der Waals surface area contributed by atoms with Gasteiger partial charge < -0.3 is 15.2 Å². The molecule has 1 heterocycles. The van der Waals surface area contributed by atoms with Gasteiger partial charge in [-0.3, -0.25) is 0 Å². The Balaban J connectivity index is 2.29. The minimum absolute atomic E-state index is 0.0947. The molecule has 0 fully saturated rings. The van der Waals surface area contributed by atoms with Gasteiger partial charge in [0, 0.05) is 0 Å². The third-order valence-corrected chi connectivity index (χ3v) is 1.94. The average molecular weight is 185 g/mol. The molecule has 0 saturated heterocycles. The van der Waals surface area contributed by atoms with Gasteiger partial charge in [0.05, 0.1) is 25.4 Å². The summed E-state index contributed by atoms with van der Waals surface area (Å²) in [5.41, 5.74) is 5.88. The first-order valence-corrected chi connectivity index (χ1v) is 4.90. The van der Waals surface area contributed by atoms with Gasteiger partial charge in [0.1, 0.15) is 5.76 Å². The zero-order chi connectivity index (χ0) is 9.68. The highest BCUT2D eigenvalue weighted by Crippen LogP contribution is 2.12. The van der Waals surface area contributed by atoms with E-state index in [1.54, 1.807) is 0 Å². The summed E-state index contributed by atoms with van der Waals surface area (Å²) in [4.78, 5) is 0. The van der Waals surface area contributed by atoms with Gasteiger partial charge in [-0.1, -0.05) is 0 Å². The molecule has 0 bridgehead atoms. The van der Waals surface area contributed by atoms with Crippen LogP contribution >= 0.6 is 0 Å². The molecule has 76 valence electrons. The molecule has 0 radical (unpaired) electrons. The molecule has 1 atom stereocenters. The van der Waals surface area contributed by atoms with Crippen molar-refractivity contribution in [2.75, 3.05) is 13.2 Å². The lowest BCUT2D eigenvalue weighted by molar-refractivity contribution is 0.0581. The number of hydrogen-bond donors (Lipinski definition) is 1. The van der Waals surface area contributed by atoms with Gasteiger partial charge in [-0.2, -0.15) is 0 Å². The SMILES string of the molecule is CC(C)OCC(N)C1=CCCCO1. The van der Waals surface area contributed by atoms with E-state index >= 15 is 0 Å². The van der Waals surface area contributed by atoms with Crippen molar-refractivity contribution in [2.45, 2.75) is 38.8 Å². The molecule has 3 heteroatoms. The molecule has 0 amide bonds. The smallest absolute Gasteiger partial charge is 0.111 e. The molecule has 0 aliphatic carbocycles. The van der Waals surface area contributed by atoms with Crippen LogP contribution in [0.25, 0.3) is 0 Å². The highest BCUT2D eigenvalue weighted by molar-refractivity contribution is 5.04. The molecular formula is C10H19NO2. The molecule has 1 aliphatic rings. The van der Waals surface area contributed by atoms with Gasteiger partial charge in [-0.05, 0) is 32.8 Å². The fourth-order valence-corrected chi connectivity index (χ4v) is 1.21. The van der Waals surface area contributed by atoms with E-state index in [0.717, 1.165) is 25.2 Å². The summed E-state index contributed by atoms with van der Waals surface area (Å²) in [6, 6.07) is -0.0947. The fraction of sp³-hybridized carbons (Fsp3) is 0.800. The van der Waals surface area contributed by atoms with Crippen LogP contribution < -0.4 is 5.73 Å². The molecular weight excluding hydrogens is 166 g/mol. The molecule has 2 N–H and O–H groups in total. The van der Waals surface area contributed by atoms with Gasteiger partial charge >= 0.3 is 0 Å². The Morgan fingerprint density at radius 3 is 2.92 bits per heavy atom. The van der Waals surface area contributed by atoms with Gasteiger partial charge in [0.25, 0.3) is 0 Å². The van der Waals surface area contributed by atoms with Crippen molar-refractivity contribution in [3.63, 3.8) is 0 Å². The second-order valence-corrected chi connectivity index (χ2v) is 3.59. The van der Waals surface area contributed by atoms with Crippen molar-refractivity contribution in [1.82, 2.24) is 0 Å². The molecule has 0 aromatic heterocycles. The third kappa shape index (κ3) is 3.79. The van der Waals surface area contributed by atoms with Gasteiger partial charge in [0.2, 0.25) is 0 Å². The van der Waals surface area contributed by atoms with Crippen LogP contribution in [0.1, 0.15) is 26.7 Å². The molecule has 0 aromatic rings. The average Bonchev–Trinajstić information content (AvgIpc) is 2.15. The van der Waals surface area contributed by atoms with Crippen LogP contribution in [0.15, 0.2) is 11.8 Å². The van der Waals surface area contributed by atoms with Crippen LogP contribution in [0.2, 0.25) is 0 Å². The van der Waals surface area contributed by atoms with E-state index in [-0.39, 0.29) is 12.1 Å². The number of nitrogens with two attached hydrogens (primary N) is 1. The number of allylic oxidation sites excluding steroid dienone is 1. The summed E-state index contributed by atoms with van der Waals surface area (Å²) in [5, 5.41) is 0. The van der Waals surface area contributed by atoms with Crippen molar-refractivity contribution in [3.05, 3.63) is 11.8 Å². The largest absolute Gasteiger partial charge is 0.497 e. The van der Waals surface area contributed by atoms with Gasteiger partial charge in [-0.15, -0.1) is 0 Å². The zero-order valence-electron chi connectivity index (χ0n) is 8.45. The van der Waals surface area contributed by atoms with E-state index in [9.17, 15) is 0 Å². The lowest BCUT2D eigenvalue weighted by atomic mass is 10.1. The number of rotatable bonds is 4. The lowest BCUT2D eigenvalue weighted by Gasteiger charge is -2.21. The van der Waals surface area contributed by atoms with Crippen molar-refractivity contribution in [2.24, 2.45) is 5.73 Å². The Labute approximate surface area is 79.9 Å². The maximum absolute atomic E-state index is 5.88. The van der Waals surface area contributed by atoms with E-state index in [1.165, 1.54) is 0 Å². The normalized spacial score (nSPS) is 19.5. The second-order valence-electron chi connectivity index (χ2n) is 3.59. The monoisotopic (exact) mass is 185 g/mol. The third-order valence-electron chi connectivity index (χ3n) is 1.94. The zero-order valence-corrected chi connectivity index (χ0v) is 8.45. The lowest BCUT2D eigenvalue weighted by Crippen LogP contribution is -2.32. The summed E-state index contributed by atoms with van der Waals surface area (Å²) >= 11 is 0. The molecule has 0 aromatic carbocycles. The molecule has 0 spiro atoms. The topological polar surface area (TPSA) is 44.5 Å². The Hall–Kier alpha value is -0.540. The van der Waals surface area contributed by atoms with E-state index < -0.39 is 0 Å². The Bertz CT molecular complexity index is 178. The minimum Gasteiger partial charge on any atom is -0.497 e. The van der Waals surface area contributed by atoms with E-state index in [4.69, 9.17) is 15.2 Å². The summed E-state index contributed by atoms with van der Waals surface area (Å²) < 4.78 is 10.8. The van der Waals surface area contributed by atoms with Crippen molar-refractivity contribution in [3.8, 4) is 0 Å². The second kappa shape index (κ2) is 5.25. The standard InChI is InChI=1S/C10H19NO2/c1-8(2)13-7-9(11)10-5-3-4-6-12-10/h5,8-9H,3-4,6-7,11H2,1-2H3. The molecule has 1 aliphatic heterocycles. The van der Waals surface area contributed by atoms with Crippen LogP contribution in [0, 0.1) is 0 Å². The first-order valence-electron chi connectivity index (χ1n) is 4.90. The van der Waals surface area contributed by atoms with Crippen molar-refractivity contribution >= 4 is 0 Å². The molecule has 1 unspecified atom stereocenters. The fourth-order valence-electron chi connectivity index (χ4n) is 1.21. The van der Waals surface area contributed by atoms with E-state index in [1.807, 2.05) is 13.8 Å². The maximum atomic E-state index is 5.88. The minimum atomic E-state index is -0.0947.